The standard InChI is InChI=1S/C54H61B2FN2O4.C18H12Br3N.C14H21Br.C12H15BrO2/c1-10-11-12-13-14-39-15-27-45(28-16-39)58(50-37-25-44(57)26-38-50)46-29-17-40(18-30-46)41-19-31-47(32-20-41)59(48-33-21-42(22-34-48)55-60-51(2,3)52(4,5)61-55)49-35-23-43(24-36-49)56-62-53(6,7)54(8,9)63-56;19-13-1-7-16(8-2-13)22(17-9-3-14(20)4-10-17)18-11-5-15(21)6-12-18;1-2-3-4-5-6-7-8-13-9-11-14(15)12-10-13;1-2-12(7-14-8-12)9-15-11-5-3-10(13)4-6-11/h15-38H,10-14H2,1-9H3;1-12H;9-12H,2-8H2,1H3;3-6H,2,7-9H2,1H3. The van der Waals surface area contributed by atoms with Crippen LogP contribution in [0.5, 0.6) is 5.75 Å². The quantitative estimate of drug-likeness (QED) is 0.0352. The van der Waals surface area contributed by atoms with Gasteiger partial charge in [-0.25, -0.2) is 4.39 Å². The van der Waals surface area contributed by atoms with Crippen molar-refractivity contribution in [2.45, 2.75) is 182 Å². The molecule has 14 rings (SSSR count). The molecule has 3 fully saturated rings. The average Bonchev–Trinajstić information content (AvgIpc) is 1.67. The van der Waals surface area contributed by atoms with Crippen LogP contribution in [0.1, 0.15) is 158 Å². The molecule has 0 amide bonds. The van der Waals surface area contributed by atoms with Crippen molar-refractivity contribution >= 4 is 156 Å². The van der Waals surface area contributed by atoms with Crippen LogP contribution in [-0.4, -0.2) is 56.5 Å². The van der Waals surface area contributed by atoms with Crippen molar-refractivity contribution in [2.75, 3.05) is 34.5 Å². The number of rotatable bonds is 28. The molecule has 0 N–H and O–H groups in total. The highest BCUT2D eigenvalue weighted by Gasteiger charge is 2.53. The van der Waals surface area contributed by atoms with Crippen molar-refractivity contribution < 1.29 is 32.5 Å². The lowest BCUT2D eigenvalue weighted by molar-refractivity contribution is -0.133. The molecule has 3 aliphatic heterocycles. The largest absolute Gasteiger partial charge is 0.494 e. The Morgan fingerprint density at radius 1 is 0.322 bits per heavy atom. The molecular weight excluding hydrogens is 1760 g/mol. The van der Waals surface area contributed by atoms with Gasteiger partial charge < -0.3 is 42.8 Å². The predicted octanol–water partition coefficient (Wildman–Crippen LogP) is 29.2. The Kier molecular flexibility index (Phi) is 32.0. The maximum Gasteiger partial charge on any atom is 0.494 e. The Morgan fingerprint density at radius 3 is 0.878 bits per heavy atom. The Morgan fingerprint density at radius 2 is 0.574 bits per heavy atom. The fourth-order valence-corrected chi connectivity index (χ4v) is 15.0. The lowest BCUT2D eigenvalue weighted by Gasteiger charge is -2.40. The number of anilines is 9. The molecule has 0 spiro atoms. The summed E-state index contributed by atoms with van der Waals surface area (Å²) in [4.78, 5) is 6.66. The van der Waals surface area contributed by atoms with Crippen LogP contribution in [0.4, 0.5) is 55.6 Å². The number of ether oxygens (including phenoxy) is 2. The van der Waals surface area contributed by atoms with E-state index in [1.165, 1.54) is 98.4 Å². The first-order chi connectivity index (χ1) is 55.2. The van der Waals surface area contributed by atoms with E-state index in [9.17, 15) is 4.39 Å². The molecule has 11 aromatic rings. The van der Waals surface area contributed by atoms with E-state index in [1.807, 2.05) is 36.4 Å². The fraction of sp³-hybridized carbons (Fsp3) is 0.327. The summed E-state index contributed by atoms with van der Waals surface area (Å²) in [5.74, 6) is 0.675. The minimum absolute atomic E-state index is 0.254. The van der Waals surface area contributed by atoms with Crippen LogP contribution in [-0.2, 0) is 36.2 Å². The monoisotopic (exact) mass is 1860 g/mol. The van der Waals surface area contributed by atoms with Crippen LogP contribution in [0.3, 0.4) is 0 Å². The molecule has 11 aromatic carbocycles. The summed E-state index contributed by atoms with van der Waals surface area (Å²) in [6, 6.07) is 91.3. The molecule has 0 radical (unpaired) electrons. The van der Waals surface area contributed by atoms with Gasteiger partial charge in [-0.05, 0) is 315 Å². The first kappa shape index (κ1) is 88.7. The molecule has 9 nitrogen and oxygen atoms in total. The number of benzene rings is 11. The second-order valence-corrected chi connectivity index (χ2v) is 36.7. The van der Waals surface area contributed by atoms with E-state index in [-0.39, 0.29) is 11.2 Å². The number of hydrogen-bond donors (Lipinski definition) is 0. The Labute approximate surface area is 727 Å². The number of hydrogen-bond acceptors (Lipinski definition) is 9. The van der Waals surface area contributed by atoms with E-state index in [0.29, 0.717) is 0 Å². The lowest BCUT2D eigenvalue weighted by Crippen LogP contribution is -2.46. The van der Waals surface area contributed by atoms with E-state index in [4.69, 9.17) is 28.1 Å². The molecule has 0 atom stereocenters. The van der Waals surface area contributed by atoms with Gasteiger partial charge in [0, 0.05) is 73.6 Å². The van der Waals surface area contributed by atoms with Gasteiger partial charge >= 0.3 is 14.2 Å². The number of unbranched alkanes of at least 4 members (excludes halogenated alkanes) is 8. The molecule has 17 heteroatoms. The SMILES string of the molecule is Brc1ccc(N(c2ccc(Br)cc2)c2ccc(Br)cc2)cc1.CCC1(COc2ccc(Br)cc2)COC1.CCCCCCCCc1ccc(Br)cc1.CCCCCCc1ccc(N(c2ccc(F)cc2)c2ccc(-c3ccc(N(c4ccc(B5OC(C)(C)C(C)(C)O5)cc4)c4ccc(B5OC(C)(C)C(C)(C)O5)cc4)cc3)cc2)cc1. The normalized spacial score (nSPS) is 15.2. The molecule has 0 unspecified atom stereocenters. The van der Waals surface area contributed by atoms with Crippen LogP contribution in [0.15, 0.2) is 289 Å². The molecule has 0 saturated carbocycles. The molecule has 0 aromatic heterocycles. The number of nitrogens with zero attached hydrogens (tertiary/aromatic N) is 3. The fourth-order valence-electron chi connectivity index (χ4n) is 13.7. The first-order valence-corrected chi connectivity index (χ1v) is 44.5. The van der Waals surface area contributed by atoms with Crippen LogP contribution in [0.2, 0.25) is 0 Å². The molecule has 600 valence electrons. The van der Waals surface area contributed by atoms with Crippen molar-refractivity contribution in [3.63, 3.8) is 0 Å². The van der Waals surface area contributed by atoms with Gasteiger partial charge in [-0.1, -0.05) is 225 Å². The zero-order chi connectivity index (χ0) is 81.8. The maximum absolute atomic E-state index is 14.1. The van der Waals surface area contributed by atoms with E-state index in [2.05, 4.69) is 389 Å². The van der Waals surface area contributed by atoms with E-state index in [0.717, 1.165) is 130 Å². The van der Waals surface area contributed by atoms with Gasteiger partial charge in [0.25, 0.3) is 0 Å². The molecule has 3 saturated heterocycles. The van der Waals surface area contributed by atoms with Gasteiger partial charge in [-0.3, -0.25) is 0 Å². The highest BCUT2D eigenvalue weighted by molar-refractivity contribution is 9.11. The Balaban J connectivity index is 0.000000199. The van der Waals surface area contributed by atoms with Gasteiger partial charge in [0.1, 0.15) is 11.6 Å². The number of aryl methyl sites for hydroxylation is 2. The third-order valence-corrected chi connectivity index (χ3v) is 25.1. The molecule has 0 bridgehead atoms. The molecule has 3 aliphatic rings. The maximum atomic E-state index is 14.1. The summed E-state index contributed by atoms with van der Waals surface area (Å²) in [5.41, 5.74) is 14.8. The summed E-state index contributed by atoms with van der Waals surface area (Å²) in [7, 11) is -0.897. The van der Waals surface area contributed by atoms with Crippen molar-refractivity contribution in [2.24, 2.45) is 5.41 Å². The minimum atomic E-state index is -0.448. The second-order valence-electron chi connectivity index (χ2n) is 32.1. The predicted molar refractivity (Wildman–Crippen MR) is 499 cm³/mol. The minimum Gasteiger partial charge on any atom is -0.493 e. The zero-order valence-corrected chi connectivity index (χ0v) is 76.4. The molecule has 115 heavy (non-hydrogen) atoms. The second kappa shape index (κ2) is 41.5. The van der Waals surface area contributed by atoms with Crippen LogP contribution in [0, 0.1) is 11.2 Å². The van der Waals surface area contributed by atoms with E-state index < -0.39 is 36.6 Å². The average molecular weight is 1870 g/mol. The topological polar surface area (TPSA) is 65.1 Å². The summed E-state index contributed by atoms with van der Waals surface area (Å²) < 4.78 is 56.1. The highest BCUT2D eigenvalue weighted by atomic mass is 79.9. The summed E-state index contributed by atoms with van der Waals surface area (Å²) in [6.45, 7) is 25.7. The lowest BCUT2D eigenvalue weighted by atomic mass is 9.79. The molecule has 0 aliphatic carbocycles. The molecule has 3 heterocycles. The van der Waals surface area contributed by atoms with Gasteiger partial charge in [0.05, 0.1) is 47.6 Å². The third kappa shape index (κ3) is 24.3. The van der Waals surface area contributed by atoms with Crippen molar-refractivity contribution in [3.05, 3.63) is 306 Å². The number of halogens is 6. The van der Waals surface area contributed by atoms with Crippen molar-refractivity contribution in [1.29, 1.82) is 0 Å². The van der Waals surface area contributed by atoms with Gasteiger partial charge in [0.2, 0.25) is 0 Å². The zero-order valence-electron chi connectivity index (χ0n) is 68.4. The first-order valence-electron chi connectivity index (χ1n) is 40.6. The van der Waals surface area contributed by atoms with Gasteiger partial charge in [-0.2, -0.15) is 0 Å². The smallest absolute Gasteiger partial charge is 0.493 e. The Bertz CT molecular complexity index is 4550. The highest BCUT2D eigenvalue weighted by Crippen LogP contribution is 2.43. The third-order valence-electron chi connectivity index (χ3n) is 22.4. The van der Waals surface area contributed by atoms with E-state index in [1.54, 1.807) is 0 Å². The van der Waals surface area contributed by atoms with Crippen molar-refractivity contribution in [1.82, 2.24) is 0 Å². The summed E-state index contributed by atoms with van der Waals surface area (Å²) in [6.07, 6.45) is 16.7. The van der Waals surface area contributed by atoms with Gasteiger partial charge in [0.15, 0.2) is 0 Å². The van der Waals surface area contributed by atoms with Crippen LogP contribution < -0.4 is 30.4 Å². The summed E-state index contributed by atoms with van der Waals surface area (Å²) >= 11 is 17.3. The van der Waals surface area contributed by atoms with Crippen molar-refractivity contribution in [3.8, 4) is 16.9 Å². The Hall–Kier alpha value is -7.12. The van der Waals surface area contributed by atoms with Crippen LogP contribution in [0.25, 0.3) is 11.1 Å². The van der Waals surface area contributed by atoms with E-state index >= 15 is 0 Å². The van der Waals surface area contributed by atoms with Gasteiger partial charge in [-0.15, -0.1) is 0 Å². The molecular formula is C98H109B2Br5FN3O6. The summed E-state index contributed by atoms with van der Waals surface area (Å²) in [5, 5.41) is 0. The van der Waals surface area contributed by atoms with Crippen LogP contribution >= 0.6 is 79.6 Å².